The molecule has 1 amide bonds. The van der Waals surface area contributed by atoms with Gasteiger partial charge in [0, 0.05) is 24.0 Å². The van der Waals surface area contributed by atoms with Crippen LogP contribution in [0.2, 0.25) is 0 Å². The molecule has 4 aromatic rings. The molecule has 1 N–H and O–H groups in total. The van der Waals surface area contributed by atoms with Gasteiger partial charge in [-0.15, -0.1) is 11.3 Å². The summed E-state index contributed by atoms with van der Waals surface area (Å²) in [4.78, 5) is 17.9. The van der Waals surface area contributed by atoms with E-state index in [-0.39, 0.29) is 11.7 Å². The van der Waals surface area contributed by atoms with Gasteiger partial charge in [-0.2, -0.15) is 5.10 Å². The molecule has 0 aliphatic heterocycles. The lowest BCUT2D eigenvalue weighted by atomic mass is 10.1. The zero-order chi connectivity index (χ0) is 20.4. The molecule has 29 heavy (non-hydrogen) atoms. The Hall–Kier alpha value is -3.32. The third kappa shape index (κ3) is 4.25. The minimum atomic E-state index is -0.267. The Morgan fingerprint density at radius 3 is 2.66 bits per heavy atom. The summed E-state index contributed by atoms with van der Waals surface area (Å²) in [5.41, 5.74) is 4.22. The second-order valence-corrected chi connectivity index (χ2v) is 7.80. The van der Waals surface area contributed by atoms with Crippen LogP contribution >= 0.6 is 11.3 Å². The van der Waals surface area contributed by atoms with Crippen molar-refractivity contribution in [3.05, 3.63) is 93.4 Å². The van der Waals surface area contributed by atoms with E-state index >= 15 is 0 Å². The molecule has 0 bridgehead atoms. The smallest absolute Gasteiger partial charge is 0.267 e. The van der Waals surface area contributed by atoms with Crippen molar-refractivity contribution in [3.63, 3.8) is 0 Å². The van der Waals surface area contributed by atoms with Gasteiger partial charge >= 0.3 is 0 Å². The van der Waals surface area contributed by atoms with Crippen LogP contribution < -0.4 is 5.32 Å². The summed E-state index contributed by atoms with van der Waals surface area (Å²) in [5, 5.41) is 8.07. The SMILES string of the molecule is Cc1nc(Cc2ccc(F)cc2)sc1C(=O)Nc1cccc(-n2nccc2C)c1. The lowest BCUT2D eigenvalue weighted by Gasteiger charge is -2.08. The third-order valence-corrected chi connectivity index (χ3v) is 5.65. The normalized spacial score (nSPS) is 10.9. The monoisotopic (exact) mass is 406 g/mol. The highest BCUT2D eigenvalue weighted by atomic mass is 32.1. The molecule has 0 atom stereocenters. The van der Waals surface area contributed by atoms with Gasteiger partial charge in [-0.1, -0.05) is 18.2 Å². The van der Waals surface area contributed by atoms with Crippen LogP contribution in [0, 0.1) is 19.7 Å². The molecule has 0 aliphatic rings. The highest BCUT2D eigenvalue weighted by Gasteiger charge is 2.16. The number of hydrogen-bond acceptors (Lipinski definition) is 4. The zero-order valence-corrected chi connectivity index (χ0v) is 16.8. The standard InChI is InChI=1S/C22H19FN4OS/c1-14-10-11-24-27(14)19-5-3-4-18(13-19)26-22(28)21-15(2)25-20(29-21)12-16-6-8-17(23)9-7-16/h3-11,13H,12H2,1-2H3,(H,26,28). The number of carbonyl (C=O) groups excluding carboxylic acids is 1. The van der Waals surface area contributed by atoms with Crippen LogP contribution in [-0.4, -0.2) is 20.7 Å². The first-order valence-corrected chi connectivity index (χ1v) is 9.94. The molecule has 0 saturated heterocycles. The van der Waals surface area contributed by atoms with Crippen molar-refractivity contribution in [2.75, 3.05) is 5.32 Å². The van der Waals surface area contributed by atoms with Crippen LogP contribution in [0.3, 0.4) is 0 Å². The number of nitrogens with zero attached hydrogens (tertiary/aromatic N) is 3. The average molecular weight is 406 g/mol. The largest absolute Gasteiger partial charge is 0.321 e. The molecular formula is C22H19FN4OS. The summed E-state index contributed by atoms with van der Waals surface area (Å²) in [6.45, 7) is 3.80. The van der Waals surface area contributed by atoms with Gasteiger partial charge in [0.1, 0.15) is 10.7 Å². The number of thiazole rings is 1. The molecule has 2 heterocycles. The van der Waals surface area contributed by atoms with Gasteiger partial charge < -0.3 is 5.32 Å². The highest BCUT2D eigenvalue weighted by Crippen LogP contribution is 2.23. The number of benzene rings is 2. The van der Waals surface area contributed by atoms with Crippen molar-refractivity contribution in [3.8, 4) is 5.69 Å². The van der Waals surface area contributed by atoms with Crippen LogP contribution in [-0.2, 0) is 6.42 Å². The van der Waals surface area contributed by atoms with Crippen molar-refractivity contribution in [1.82, 2.24) is 14.8 Å². The fourth-order valence-electron chi connectivity index (χ4n) is 3.06. The summed E-state index contributed by atoms with van der Waals surface area (Å²) in [5.74, 6) is -0.462. The van der Waals surface area contributed by atoms with Crippen molar-refractivity contribution in [1.29, 1.82) is 0 Å². The van der Waals surface area contributed by atoms with Gasteiger partial charge in [-0.3, -0.25) is 4.79 Å². The predicted molar refractivity (Wildman–Crippen MR) is 112 cm³/mol. The second kappa shape index (κ2) is 7.97. The zero-order valence-electron chi connectivity index (χ0n) is 16.0. The second-order valence-electron chi connectivity index (χ2n) is 6.71. The highest BCUT2D eigenvalue weighted by molar-refractivity contribution is 7.14. The Bertz CT molecular complexity index is 1160. The number of aryl methyl sites for hydroxylation is 2. The molecule has 0 saturated carbocycles. The number of amides is 1. The average Bonchev–Trinajstić information content (AvgIpc) is 3.29. The summed E-state index contributed by atoms with van der Waals surface area (Å²) in [7, 11) is 0. The van der Waals surface area contributed by atoms with Crippen LogP contribution in [0.4, 0.5) is 10.1 Å². The molecule has 0 spiro atoms. The molecule has 4 rings (SSSR count). The Kier molecular flexibility index (Phi) is 5.22. The topological polar surface area (TPSA) is 59.8 Å². The van der Waals surface area contributed by atoms with Gasteiger partial charge in [-0.25, -0.2) is 14.1 Å². The lowest BCUT2D eigenvalue weighted by Crippen LogP contribution is -2.12. The lowest BCUT2D eigenvalue weighted by molar-refractivity contribution is 0.103. The molecule has 0 aliphatic carbocycles. The summed E-state index contributed by atoms with van der Waals surface area (Å²) >= 11 is 1.36. The molecule has 0 unspecified atom stereocenters. The molecule has 5 nitrogen and oxygen atoms in total. The number of nitrogens with one attached hydrogen (secondary N) is 1. The quantitative estimate of drug-likeness (QED) is 0.511. The van der Waals surface area contributed by atoms with Crippen molar-refractivity contribution < 1.29 is 9.18 Å². The molecule has 7 heteroatoms. The van der Waals surface area contributed by atoms with Crippen LogP contribution in [0.5, 0.6) is 0 Å². The number of rotatable bonds is 5. The maximum atomic E-state index is 13.1. The summed E-state index contributed by atoms with van der Waals surface area (Å²) < 4.78 is 14.9. The van der Waals surface area contributed by atoms with E-state index in [2.05, 4.69) is 15.4 Å². The Balaban J connectivity index is 1.51. The fourth-order valence-corrected chi connectivity index (χ4v) is 4.05. The first-order valence-electron chi connectivity index (χ1n) is 9.13. The summed E-state index contributed by atoms with van der Waals surface area (Å²) in [6, 6.07) is 15.8. The number of carbonyl (C=O) groups is 1. The molecule has 146 valence electrons. The van der Waals surface area contributed by atoms with E-state index in [0.29, 0.717) is 22.7 Å². The van der Waals surface area contributed by atoms with Gasteiger partial charge in [0.25, 0.3) is 5.91 Å². The maximum absolute atomic E-state index is 13.1. The maximum Gasteiger partial charge on any atom is 0.267 e. The number of aromatic nitrogens is 3. The van der Waals surface area contributed by atoms with E-state index in [1.165, 1.54) is 23.5 Å². The van der Waals surface area contributed by atoms with E-state index in [9.17, 15) is 9.18 Å². The molecule has 0 radical (unpaired) electrons. The fraction of sp³-hybridized carbons (Fsp3) is 0.136. The van der Waals surface area contributed by atoms with E-state index in [0.717, 1.165) is 22.0 Å². The van der Waals surface area contributed by atoms with E-state index < -0.39 is 0 Å². The number of halogens is 1. The third-order valence-electron chi connectivity index (χ3n) is 4.50. The van der Waals surface area contributed by atoms with Crippen LogP contribution in [0.25, 0.3) is 5.69 Å². The first kappa shape index (κ1) is 19.0. The Morgan fingerprint density at radius 1 is 1.14 bits per heavy atom. The van der Waals surface area contributed by atoms with Crippen LogP contribution in [0.15, 0.2) is 60.8 Å². The van der Waals surface area contributed by atoms with E-state index in [1.807, 2.05) is 48.9 Å². The molecular weight excluding hydrogens is 387 g/mol. The van der Waals surface area contributed by atoms with Crippen molar-refractivity contribution >= 4 is 22.9 Å². The minimum Gasteiger partial charge on any atom is -0.321 e. The molecule has 2 aromatic heterocycles. The summed E-state index contributed by atoms with van der Waals surface area (Å²) in [6.07, 6.45) is 2.30. The predicted octanol–water partition coefficient (Wildman–Crippen LogP) is 4.93. The van der Waals surface area contributed by atoms with Gasteiger partial charge in [0.2, 0.25) is 0 Å². The van der Waals surface area contributed by atoms with Gasteiger partial charge in [0.05, 0.1) is 16.4 Å². The van der Waals surface area contributed by atoms with Gasteiger partial charge in [0.15, 0.2) is 0 Å². The van der Waals surface area contributed by atoms with Crippen molar-refractivity contribution in [2.45, 2.75) is 20.3 Å². The van der Waals surface area contributed by atoms with Crippen molar-refractivity contribution in [2.24, 2.45) is 0 Å². The molecule has 0 fully saturated rings. The number of anilines is 1. The Labute approximate surface area is 171 Å². The molecule has 2 aromatic carbocycles. The Morgan fingerprint density at radius 2 is 1.93 bits per heavy atom. The number of hydrogen-bond donors (Lipinski definition) is 1. The minimum absolute atomic E-state index is 0.195. The van der Waals surface area contributed by atoms with Gasteiger partial charge in [-0.05, 0) is 55.8 Å². The van der Waals surface area contributed by atoms with E-state index in [1.54, 1.807) is 18.3 Å². The first-order chi connectivity index (χ1) is 14.0. The van der Waals surface area contributed by atoms with Crippen LogP contribution in [0.1, 0.15) is 31.6 Å². The van der Waals surface area contributed by atoms with E-state index in [4.69, 9.17) is 0 Å².